The van der Waals surface area contributed by atoms with Gasteiger partial charge in [-0.15, -0.1) is 0 Å². The number of hydrogen-bond acceptors (Lipinski definition) is 2. The second-order valence-corrected chi connectivity index (χ2v) is 4.13. The fraction of sp³-hybridized carbons (Fsp3) is 1.00. The molecule has 1 N–H and O–H groups in total. The Morgan fingerprint density at radius 2 is 2.14 bits per heavy atom. The highest BCUT2D eigenvalue weighted by molar-refractivity contribution is 4.66. The van der Waals surface area contributed by atoms with Gasteiger partial charge in [-0.2, -0.15) is 0 Å². The van der Waals surface area contributed by atoms with Crippen molar-refractivity contribution in [3.63, 3.8) is 0 Å². The van der Waals surface area contributed by atoms with Crippen LogP contribution < -0.4 is 5.32 Å². The minimum atomic E-state index is -2.69. The monoisotopic (exact) mass is 207 g/mol. The van der Waals surface area contributed by atoms with Crippen molar-refractivity contribution in [1.82, 2.24) is 5.32 Å². The number of hydrogen-bond donors (Lipinski definition) is 1. The number of rotatable bonds is 4. The van der Waals surface area contributed by atoms with Crippen molar-refractivity contribution in [3.8, 4) is 0 Å². The predicted octanol–water partition coefficient (Wildman–Crippen LogP) is 2.05. The largest absolute Gasteiger partial charge is 0.375 e. The topological polar surface area (TPSA) is 21.3 Å². The highest BCUT2D eigenvalue weighted by Gasteiger charge is 2.22. The summed E-state index contributed by atoms with van der Waals surface area (Å²) in [5.41, 5.74) is 0. The summed E-state index contributed by atoms with van der Waals surface area (Å²) in [5.74, 6) is -2.24. The summed E-state index contributed by atoms with van der Waals surface area (Å²) in [7, 11) is 0. The molecule has 0 amide bonds. The summed E-state index contributed by atoms with van der Waals surface area (Å²) < 4.78 is 29.9. The third-order valence-electron chi connectivity index (χ3n) is 2.40. The molecule has 1 aliphatic rings. The van der Waals surface area contributed by atoms with Crippen molar-refractivity contribution in [2.45, 2.75) is 32.1 Å². The molecule has 0 aliphatic carbocycles. The lowest BCUT2D eigenvalue weighted by atomic mass is 10.0. The highest BCUT2D eigenvalue weighted by atomic mass is 19.3. The highest BCUT2D eigenvalue weighted by Crippen LogP contribution is 2.16. The molecule has 0 aromatic carbocycles. The van der Waals surface area contributed by atoms with E-state index >= 15 is 0 Å². The maximum absolute atomic E-state index is 12.4. The molecule has 2 nitrogen and oxygen atoms in total. The van der Waals surface area contributed by atoms with E-state index in [2.05, 4.69) is 5.32 Å². The minimum Gasteiger partial charge on any atom is -0.375 e. The van der Waals surface area contributed by atoms with Crippen molar-refractivity contribution in [2.24, 2.45) is 5.92 Å². The van der Waals surface area contributed by atoms with Gasteiger partial charge in [0.15, 0.2) is 0 Å². The molecule has 14 heavy (non-hydrogen) atoms. The third kappa shape index (κ3) is 5.50. The Morgan fingerprint density at radius 3 is 2.86 bits per heavy atom. The van der Waals surface area contributed by atoms with Crippen molar-refractivity contribution < 1.29 is 13.5 Å². The second kappa shape index (κ2) is 5.61. The summed E-state index contributed by atoms with van der Waals surface area (Å²) in [5, 5.41) is 3.28. The zero-order valence-electron chi connectivity index (χ0n) is 8.69. The Labute approximate surface area is 84.0 Å². The molecule has 84 valence electrons. The van der Waals surface area contributed by atoms with Gasteiger partial charge >= 0.3 is 0 Å². The zero-order chi connectivity index (χ0) is 10.4. The smallest absolute Gasteiger partial charge is 0.268 e. The van der Waals surface area contributed by atoms with Crippen LogP contribution in [-0.2, 0) is 4.74 Å². The first kappa shape index (κ1) is 11.9. The number of halogens is 2. The van der Waals surface area contributed by atoms with E-state index in [-0.39, 0.29) is 0 Å². The van der Waals surface area contributed by atoms with E-state index in [4.69, 9.17) is 4.74 Å². The average molecular weight is 207 g/mol. The molecule has 1 fully saturated rings. The van der Waals surface area contributed by atoms with Crippen LogP contribution in [0.4, 0.5) is 8.78 Å². The van der Waals surface area contributed by atoms with Gasteiger partial charge in [-0.25, -0.2) is 8.78 Å². The number of alkyl halides is 2. The summed E-state index contributed by atoms with van der Waals surface area (Å²) in [6, 6.07) is 0. The van der Waals surface area contributed by atoms with Crippen LogP contribution in [0.1, 0.15) is 26.2 Å². The van der Waals surface area contributed by atoms with Crippen LogP contribution in [0.15, 0.2) is 0 Å². The van der Waals surface area contributed by atoms with E-state index in [1.807, 2.05) is 0 Å². The average Bonchev–Trinajstić information content (AvgIpc) is 2.30. The third-order valence-corrected chi connectivity index (χ3v) is 2.40. The van der Waals surface area contributed by atoms with E-state index in [0.717, 1.165) is 39.3 Å². The molecule has 1 heterocycles. The van der Waals surface area contributed by atoms with Crippen LogP contribution in [0.25, 0.3) is 0 Å². The van der Waals surface area contributed by atoms with Crippen LogP contribution in [-0.4, -0.2) is 32.2 Å². The molecule has 1 unspecified atom stereocenters. The fourth-order valence-corrected chi connectivity index (χ4v) is 1.66. The molecule has 0 aromatic heterocycles. The summed E-state index contributed by atoms with van der Waals surface area (Å²) in [6.07, 6.45) is 3.24. The van der Waals surface area contributed by atoms with Gasteiger partial charge in [0.05, 0.1) is 0 Å². The van der Waals surface area contributed by atoms with Gasteiger partial charge in [0.1, 0.15) is 6.61 Å². The summed E-state index contributed by atoms with van der Waals surface area (Å²) in [4.78, 5) is 0. The Kier molecular flexibility index (Phi) is 4.75. The quantitative estimate of drug-likeness (QED) is 0.761. The molecular formula is C10H19F2NO. The SMILES string of the molecule is CC(F)(F)COCC1CCCNCC1. The van der Waals surface area contributed by atoms with Crippen molar-refractivity contribution in [2.75, 3.05) is 26.3 Å². The fourth-order valence-electron chi connectivity index (χ4n) is 1.66. The first-order valence-electron chi connectivity index (χ1n) is 5.24. The summed E-state index contributed by atoms with van der Waals surface area (Å²) >= 11 is 0. The maximum atomic E-state index is 12.4. The predicted molar refractivity (Wildman–Crippen MR) is 51.7 cm³/mol. The lowest BCUT2D eigenvalue weighted by Crippen LogP contribution is -2.22. The standard InChI is InChI=1S/C10H19F2NO/c1-10(11,12)8-14-7-9-3-2-5-13-6-4-9/h9,13H,2-8H2,1H3. The first-order chi connectivity index (χ1) is 6.58. The van der Waals surface area contributed by atoms with Crippen LogP contribution in [0.5, 0.6) is 0 Å². The van der Waals surface area contributed by atoms with Crippen LogP contribution in [0.2, 0.25) is 0 Å². The Morgan fingerprint density at radius 1 is 1.36 bits per heavy atom. The van der Waals surface area contributed by atoms with Crippen LogP contribution in [0.3, 0.4) is 0 Å². The minimum absolute atomic E-state index is 0.447. The summed E-state index contributed by atoms with van der Waals surface area (Å²) in [6.45, 7) is 2.95. The van der Waals surface area contributed by atoms with Gasteiger partial charge in [-0.05, 0) is 38.3 Å². The van der Waals surface area contributed by atoms with E-state index in [1.54, 1.807) is 0 Å². The molecule has 0 bridgehead atoms. The molecule has 0 aromatic rings. The van der Waals surface area contributed by atoms with E-state index in [9.17, 15) is 8.78 Å². The van der Waals surface area contributed by atoms with Crippen molar-refractivity contribution in [3.05, 3.63) is 0 Å². The zero-order valence-corrected chi connectivity index (χ0v) is 8.69. The van der Waals surface area contributed by atoms with Crippen molar-refractivity contribution >= 4 is 0 Å². The Hall–Kier alpha value is -0.220. The molecule has 0 saturated carbocycles. The lowest BCUT2D eigenvalue weighted by Gasteiger charge is -2.16. The van der Waals surface area contributed by atoms with E-state index in [0.29, 0.717) is 12.5 Å². The maximum Gasteiger partial charge on any atom is 0.268 e. The van der Waals surface area contributed by atoms with Gasteiger partial charge in [-0.1, -0.05) is 0 Å². The number of nitrogens with one attached hydrogen (secondary N) is 1. The number of ether oxygens (including phenoxy) is 1. The van der Waals surface area contributed by atoms with Gasteiger partial charge in [0, 0.05) is 13.5 Å². The van der Waals surface area contributed by atoms with Crippen molar-refractivity contribution in [1.29, 1.82) is 0 Å². The van der Waals surface area contributed by atoms with Crippen LogP contribution >= 0.6 is 0 Å². The lowest BCUT2D eigenvalue weighted by molar-refractivity contribution is -0.0698. The van der Waals surface area contributed by atoms with Gasteiger partial charge in [0.2, 0.25) is 0 Å². The molecule has 1 atom stereocenters. The molecule has 1 rings (SSSR count). The van der Waals surface area contributed by atoms with Crippen LogP contribution in [0, 0.1) is 5.92 Å². The molecule has 4 heteroatoms. The second-order valence-electron chi connectivity index (χ2n) is 4.13. The molecule has 0 radical (unpaired) electrons. The van der Waals surface area contributed by atoms with Gasteiger partial charge < -0.3 is 10.1 Å². The first-order valence-corrected chi connectivity index (χ1v) is 5.24. The van der Waals surface area contributed by atoms with E-state index in [1.165, 1.54) is 0 Å². The Balaban J connectivity index is 2.10. The van der Waals surface area contributed by atoms with Gasteiger partial charge in [0.25, 0.3) is 5.92 Å². The normalized spacial score (nSPS) is 24.6. The molecule has 0 spiro atoms. The van der Waals surface area contributed by atoms with E-state index < -0.39 is 12.5 Å². The molecular weight excluding hydrogens is 188 g/mol. The van der Waals surface area contributed by atoms with Gasteiger partial charge in [-0.3, -0.25) is 0 Å². The molecule has 1 saturated heterocycles. The molecule has 1 aliphatic heterocycles. The Bertz CT molecular complexity index is 151.